The van der Waals surface area contributed by atoms with Crippen LogP contribution in [0.25, 0.3) is 0 Å². The first-order valence-electron chi connectivity index (χ1n) is 4.94. The lowest BCUT2D eigenvalue weighted by molar-refractivity contribution is -0.137. The van der Waals surface area contributed by atoms with Crippen molar-refractivity contribution in [3.63, 3.8) is 0 Å². The molecule has 16 heavy (non-hydrogen) atoms. The third kappa shape index (κ3) is 3.20. The van der Waals surface area contributed by atoms with E-state index in [1.165, 1.54) is 12.1 Å². The maximum atomic E-state index is 13.4. The average molecular weight is 227 g/mol. The van der Waals surface area contributed by atoms with Gasteiger partial charge in [0.1, 0.15) is 0 Å². The number of carbonyl (C=O) groups is 1. The second kappa shape index (κ2) is 5.46. The minimum Gasteiger partial charge on any atom is -0.491 e. The van der Waals surface area contributed by atoms with Crippen LogP contribution in [0.5, 0.6) is 5.75 Å². The van der Waals surface area contributed by atoms with Crippen LogP contribution in [0.15, 0.2) is 18.2 Å². The fraction of sp³-hybridized carbons (Fsp3) is 0.364. The van der Waals surface area contributed by atoms with Gasteiger partial charge in [-0.2, -0.15) is 0 Å². The molecule has 5 heteroatoms. The smallest absolute Gasteiger partial charge is 0.305 e. The molecule has 0 aliphatic carbocycles. The van der Waals surface area contributed by atoms with Crippen molar-refractivity contribution in [3.05, 3.63) is 29.6 Å². The van der Waals surface area contributed by atoms with Gasteiger partial charge in [-0.05, 0) is 24.6 Å². The van der Waals surface area contributed by atoms with Gasteiger partial charge in [0.15, 0.2) is 11.6 Å². The molecule has 0 saturated carbocycles. The van der Waals surface area contributed by atoms with Gasteiger partial charge in [0, 0.05) is 6.04 Å². The van der Waals surface area contributed by atoms with Gasteiger partial charge in [-0.1, -0.05) is 6.07 Å². The van der Waals surface area contributed by atoms with E-state index in [4.69, 9.17) is 15.6 Å². The second-order valence-corrected chi connectivity index (χ2v) is 3.33. The van der Waals surface area contributed by atoms with E-state index < -0.39 is 17.8 Å². The Balaban J connectivity index is 2.83. The molecule has 4 nitrogen and oxygen atoms in total. The Kier molecular flexibility index (Phi) is 4.25. The lowest BCUT2D eigenvalue weighted by Crippen LogP contribution is -2.15. The summed E-state index contributed by atoms with van der Waals surface area (Å²) in [6.45, 7) is 2.13. The Labute approximate surface area is 92.8 Å². The summed E-state index contributed by atoms with van der Waals surface area (Å²) < 4.78 is 18.4. The van der Waals surface area contributed by atoms with Crippen LogP contribution < -0.4 is 10.5 Å². The molecule has 1 atom stereocenters. The summed E-state index contributed by atoms with van der Waals surface area (Å²) >= 11 is 0. The third-order valence-electron chi connectivity index (χ3n) is 2.08. The number of rotatable bonds is 5. The summed E-state index contributed by atoms with van der Waals surface area (Å²) in [4.78, 5) is 10.4. The molecule has 0 fully saturated rings. The first-order chi connectivity index (χ1) is 7.54. The summed E-state index contributed by atoms with van der Waals surface area (Å²) in [5.41, 5.74) is 6.05. The molecule has 0 aliphatic rings. The molecule has 1 unspecified atom stereocenters. The SMILES string of the molecule is CCOc1ccc(C(N)CC(=O)O)cc1F. The lowest BCUT2D eigenvalue weighted by Gasteiger charge is -2.11. The summed E-state index contributed by atoms with van der Waals surface area (Å²) in [5, 5.41) is 8.55. The van der Waals surface area contributed by atoms with Crippen molar-refractivity contribution in [3.8, 4) is 5.75 Å². The molecular formula is C11H14FNO3. The molecule has 0 bridgehead atoms. The number of nitrogens with two attached hydrogens (primary N) is 1. The molecular weight excluding hydrogens is 213 g/mol. The summed E-state index contributed by atoms with van der Waals surface area (Å²) in [5.74, 6) is -1.39. The van der Waals surface area contributed by atoms with Gasteiger partial charge in [-0.25, -0.2) is 4.39 Å². The van der Waals surface area contributed by atoms with E-state index in [0.29, 0.717) is 12.2 Å². The van der Waals surface area contributed by atoms with Gasteiger partial charge in [-0.15, -0.1) is 0 Å². The van der Waals surface area contributed by atoms with E-state index in [1.54, 1.807) is 13.0 Å². The van der Waals surface area contributed by atoms with Crippen LogP contribution in [-0.4, -0.2) is 17.7 Å². The molecule has 1 rings (SSSR count). The Morgan fingerprint density at radius 3 is 2.81 bits per heavy atom. The van der Waals surface area contributed by atoms with Gasteiger partial charge in [0.2, 0.25) is 0 Å². The Morgan fingerprint density at radius 1 is 1.62 bits per heavy atom. The Hall–Kier alpha value is -1.62. The van der Waals surface area contributed by atoms with Crippen molar-refractivity contribution >= 4 is 5.97 Å². The minimum absolute atomic E-state index is 0.147. The normalized spacial score (nSPS) is 12.2. The van der Waals surface area contributed by atoms with E-state index in [-0.39, 0.29) is 12.2 Å². The number of carboxylic acid groups (broad SMARTS) is 1. The van der Waals surface area contributed by atoms with Crippen molar-refractivity contribution in [1.82, 2.24) is 0 Å². The van der Waals surface area contributed by atoms with Gasteiger partial charge in [0.05, 0.1) is 13.0 Å². The van der Waals surface area contributed by atoms with Gasteiger partial charge >= 0.3 is 5.97 Å². The van der Waals surface area contributed by atoms with Crippen LogP contribution in [0.1, 0.15) is 24.9 Å². The number of aliphatic carboxylic acids is 1. The molecule has 1 aromatic carbocycles. The molecule has 0 aliphatic heterocycles. The zero-order valence-corrected chi connectivity index (χ0v) is 8.94. The summed E-state index contributed by atoms with van der Waals surface area (Å²) in [7, 11) is 0. The fourth-order valence-electron chi connectivity index (χ4n) is 1.33. The summed E-state index contributed by atoms with van der Waals surface area (Å²) in [6, 6.07) is 3.53. The fourth-order valence-corrected chi connectivity index (χ4v) is 1.33. The highest BCUT2D eigenvalue weighted by atomic mass is 19.1. The molecule has 0 spiro atoms. The quantitative estimate of drug-likeness (QED) is 0.803. The molecule has 1 aromatic rings. The third-order valence-corrected chi connectivity index (χ3v) is 2.08. The monoisotopic (exact) mass is 227 g/mol. The van der Waals surface area contributed by atoms with Crippen LogP contribution in [-0.2, 0) is 4.79 Å². The van der Waals surface area contributed by atoms with E-state index in [9.17, 15) is 9.18 Å². The molecule has 0 saturated heterocycles. The Morgan fingerprint density at radius 2 is 2.31 bits per heavy atom. The summed E-state index contributed by atoms with van der Waals surface area (Å²) in [6.07, 6.45) is -0.229. The van der Waals surface area contributed by atoms with Crippen molar-refractivity contribution < 1.29 is 19.0 Å². The highest BCUT2D eigenvalue weighted by molar-refractivity contribution is 5.67. The van der Waals surface area contributed by atoms with Crippen molar-refractivity contribution in [2.24, 2.45) is 5.73 Å². The predicted molar refractivity (Wildman–Crippen MR) is 56.8 cm³/mol. The number of halogens is 1. The first-order valence-corrected chi connectivity index (χ1v) is 4.94. The largest absolute Gasteiger partial charge is 0.491 e. The number of hydrogen-bond acceptors (Lipinski definition) is 3. The maximum absolute atomic E-state index is 13.4. The predicted octanol–water partition coefficient (Wildman–Crippen LogP) is 1.70. The van der Waals surface area contributed by atoms with E-state index in [2.05, 4.69) is 0 Å². The molecule has 0 radical (unpaired) electrons. The van der Waals surface area contributed by atoms with Gasteiger partial charge in [-0.3, -0.25) is 4.79 Å². The van der Waals surface area contributed by atoms with Gasteiger partial charge in [0.25, 0.3) is 0 Å². The number of benzene rings is 1. The molecule has 88 valence electrons. The number of hydrogen-bond donors (Lipinski definition) is 2. The highest BCUT2D eigenvalue weighted by Gasteiger charge is 2.13. The van der Waals surface area contributed by atoms with Crippen LogP contribution in [0.2, 0.25) is 0 Å². The van der Waals surface area contributed by atoms with E-state index in [0.717, 1.165) is 0 Å². The minimum atomic E-state index is -1.01. The van der Waals surface area contributed by atoms with Crippen molar-refractivity contribution in [2.75, 3.05) is 6.61 Å². The van der Waals surface area contributed by atoms with Crippen LogP contribution in [0.4, 0.5) is 4.39 Å². The maximum Gasteiger partial charge on any atom is 0.305 e. The second-order valence-electron chi connectivity index (χ2n) is 3.33. The van der Waals surface area contributed by atoms with Crippen LogP contribution >= 0.6 is 0 Å². The number of ether oxygens (including phenoxy) is 1. The highest BCUT2D eigenvalue weighted by Crippen LogP contribution is 2.22. The van der Waals surface area contributed by atoms with Gasteiger partial charge < -0.3 is 15.6 Å². The molecule has 0 aromatic heterocycles. The zero-order valence-electron chi connectivity index (χ0n) is 8.94. The molecule has 0 heterocycles. The van der Waals surface area contributed by atoms with Crippen LogP contribution in [0, 0.1) is 5.82 Å². The van der Waals surface area contributed by atoms with Crippen LogP contribution in [0.3, 0.4) is 0 Å². The first kappa shape index (κ1) is 12.4. The van der Waals surface area contributed by atoms with Crippen molar-refractivity contribution in [1.29, 1.82) is 0 Å². The Bertz CT molecular complexity index is 381. The topological polar surface area (TPSA) is 72.5 Å². The number of carboxylic acids is 1. The van der Waals surface area contributed by atoms with E-state index in [1.807, 2.05) is 0 Å². The van der Waals surface area contributed by atoms with Crippen molar-refractivity contribution in [2.45, 2.75) is 19.4 Å². The standard InChI is InChI=1S/C11H14FNO3/c1-2-16-10-4-3-7(5-8(10)12)9(13)6-11(14)15/h3-5,9H,2,6,13H2,1H3,(H,14,15). The average Bonchev–Trinajstić information content (AvgIpc) is 2.20. The zero-order chi connectivity index (χ0) is 12.1. The molecule has 3 N–H and O–H groups in total. The molecule has 0 amide bonds. The van der Waals surface area contributed by atoms with E-state index >= 15 is 0 Å². The lowest BCUT2D eigenvalue weighted by atomic mass is 10.0.